The number of carbonyl (C=O) groups excluding carboxylic acids is 1. The Morgan fingerprint density at radius 1 is 1.21 bits per heavy atom. The van der Waals surface area contributed by atoms with Crippen molar-refractivity contribution in [3.63, 3.8) is 0 Å². The van der Waals surface area contributed by atoms with Crippen LogP contribution in [0.2, 0.25) is 0 Å². The summed E-state index contributed by atoms with van der Waals surface area (Å²) in [6.07, 6.45) is -1.47. The maximum Gasteiger partial charge on any atom is 0.435 e. The standard InChI is InChI=1S/C17H18F3N3O/c18-17(19,20)15-7-9-23(21-15)12-16(24)22-8-6-14(11-22)10-13-4-2-1-3-5-13/h1-5,7,9,14H,6,8,10-12H2. The fourth-order valence-corrected chi connectivity index (χ4v) is 3.01. The quantitative estimate of drug-likeness (QED) is 0.860. The summed E-state index contributed by atoms with van der Waals surface area (Å²) in [5, 5.41) is 3.42. The lowest BCUT2D eigenvalue weighted by atomic mass is 9.99. The van der Waals surface area contributed by atoms with Gasteiger partial charge in [0.2, 0.25) is 5.91 Å². The van der Waals surface area contributed by atoms with E-state index in [0.29, 0.717) is 19.0 Å². The van der Waals surface area contributed by atoms with Gasteiger partial charge in [-0.15, -0.1) is 0 Å². The summed E-state index contributed by atoms with van der Waals surface area (Å²) in [7, 11) is 0. The normalized spacial score (nSPS) is 18.1. The molecular formula is C17H18F3N3O. The number of halogens is 3. The van der Waals surface area contributed by atoms with Crippen LogP contribution in [-0.2, 0) is 23.9 Å². The number of carbonyl (C=O) groups is 1. The molecule has 4 nitrogen and oxygen atoms in total. The summed E-state index contributed by atoms with van der Waals surface area (Å²) in [4.78, 5) is 14.0. The van der Waals surface area contributed by atoms with Crippen molar-refractivity contribution < 1.29 is 18.0 Å². The largest absolute Gasteiger partial charge is 0.435 e. The van der Waals surface area contributed by atoms with Gasteiger partial charge in [-0.3, -0.25) is 9.48 Å². The first kappa shape index (κ1) is 16.5. The Morgan fingerprint density at radius 3 is 2.62 bits per heavy atom. The van der Waals surface area contributed by atoms with Crippen LogP contribution in [0, 0.1) is 5.92 Å². The van der Waals surface area contributed by atoms with Crippen molar-refractivity contribution in [2.24, 2.45) is 5.92 Å². The van der Waals surface area contributed by atoms with Gasteiger partial charge in [0, 0.05) is 19.3 Å². The third-order valence-corrected chi connectivity index (χ3v) is 4.23. The number of nitrogens with zero attached hydrogens (tertiary/aromatic N) is 3. The molecule has 0 aliphatic carbocycles. The molecule has 1 aromatic carbocycles. The summed E-state index contributed by atoms with van der Waals surface area (Å²) < 4.78 is 38.6. The molecule has 3 rings (SSSR count). The molecule has 128 valence electrons. The van der Waals surface area contributed by atoms with Gasteiger partial charge in [0.15, 0.2) is 5.69 Å². The van der Waals surface area contributed by atoms with Crippen LogP contribution in [0.3, 0.4) is 0 Å². The van der Waals surface area contributed by atoms with Crippen LogP contribution in [-0.4, -0.2) is 33.7 Å². The molecule has 0 radical (unpaired) electrons. The van der Waals surface area contributed by atoms with E-state index in [-0.39, 0.29) is 12.5 Å². The van der Waals surface area contributed by atoms with E-state index in [1.165, 1.54) is 11.8 Å². The van der Waals surface area contributed by atoms with Gasteiger partial charge in [0.1, 0.15) is 6.54 Å². The molecule has 0 saturated carbocycles. The van der Waals surface area contributed by atoms with Crippen molar-refractivity contribution >= 4 is 5.91 Å². The van der Waals surface area contributed by atoms with Crippen molar-refractivity contribution in [1.29, 1.82) is 0 Å². The molecule has 1 aliphatic rings. The second-order valence-corrected chi connectivity index (χ2v) is 6.08. The lowest BCUT2D eigenvalue weighted by molar-refractivity contribution is -0.142. The molecule has 24 heavy (non-hydrogen) atoms. The van der Waals surface area contributed by atoms with E-state index in [1.54, 1.807) is 4.90 Å². The molecule has 1 fully saturated rings. The average molecular weight is 337 g/mol. The van der Waals surface area contributed by atoms with Gasteiger partial charge in [0.25, 0.3) is 0 Å². The minimum Gasteiger partial charge on any atom is -0.341 e. The van der Waals surface area contributed by atoms with Gasteiger partial charge in [-0.1, -0.05) is 30.3 Å². The lowest BCUT2D eigenvalue weighted by Crippen LogP contribution is -2.32. The Morgan fingerprint density at radius 2 is 1.96 bits per heavy atom. The fourth-order valence-electron chi connectivity index (χ4n) is 3.01. The van der Waals surface area contributed by atoms with Crippen LogP contribution in [0.25, 0.3) is 0 Å². The van der Waals surface area contributed by atoms with Crippen LogP contribution < -0.4 is 0 Å². The third kappa shape index (κ3) is 3.96. The number of hydrogen-bond acceptors (Lipinski definition) is 2. The van der Waals surface area contributed by atoms with Gasteiger partial charge < -0.3 is 4.90 Å². The minimum absolute atomic E-state index is 0.159. The highest BCUT2D eigenvalue weighted by molar-refractivity contribution is 5.76. The molecule has 1 aliphatic heterocycles. The predicted octanol–water partition coefficient (Wildman–Crippen LogP) is 2.99. The Balaban J connectivity index is 1.54. The van der Waals surface area contributed by atoms with E-state index >= 15 is 0 Å². The van der Waals surface area contributed by atoms with E-state index in [2.05, 4.69) is 17.2 Å². The zero-order valence-electron chi connectivity index (χ0n) is 13.0. The smallest absolute Gasteiger partial charge is 0.341 e. The summed E-state index contributed by atoms with van der Waals surface area (Å²) >= 11 is 0. The topological polar surface area (TPSA) is 38.1 Å². The second kappa shape index (κ2) is 6.67. The highest BCUT2D eigenvalue weighted by atomic mass is 19.4. The number of benzene rings is 1. The van der Waals surface area contributed by atoms with Crippen molar-refractivity contribution in [2.45, 2.75) is 25.6 Å². The molecule has 2 aromatic rings. The zero-order chi connectivity index (χ0) is 17.2. The second-order valence-electron chi connectivity index (χ2n) is 6.08. The Bertz CT molecular complexity index is 697. The maximum absolute atomic E-state index is 12.5. The molecule has 0 N–H and O–H groups in total. The van der Waals surface area contributed by atoms with Crippen molar-refractivity contribution in [3.05, 3.63) is 53.9 Å². The number of aromatic nitrogens is 2. The van der Waals surface area contributed by atoms with Gasteiger partial charge in [-0.25, -0.2) is 0 Å². The number of likely N-dealkylation sites (tertiary alicyclic amines) is 1. The fraction of sp³-hybridized carbons (Fsp3) is 0.412. The highest BCUT2D eigenvalue weighted by Crippen LogP contribution is 2.27. The molecule has 1 unspecified atom stereocenters. The summed E-state index contributed by atoms with van der Waals surface area (Å²) in [6, 6.07) is 11.0. The van der Waals surface area contributed by atoms with Gasteiger partial charge in [-0.05, 0) is 30.4 Å². The Kier molecular flexibility index (Phi) is 4.59. The molecule has 1 saturated heterocycles. The SMILES string of the molecule is O=C(Cn1ccc(C(F)(F)F)n1)N1CCC(Cc2ccccc2)C1. The van der Waals surface area contributed by atoms with Gasteiger partial charge in [-0.2, -0.15) is 18.3 Å². The first-order valence-electron chi connectivity index (χ1n) is 7.84. The van der Waals surface area contributed by atoms with Crippen LogP contribution in [0.15, 0.2) is 42.6 Å². The van der Waals surface area contributed by atoms with E-state index in [0.717, 1.165) is 23.6 Å². The monoisotopic (exact) mass is 337 g/mol. The Labute approximate surface area is 137 Å². The third-order valence-electron chi connectivity index (χ3n) is 4.23. The number of alkyl halides is 3. The van der Waals surface area contributed by atoms with Crippen molar-refractivity contribution in [2.75, 3.05) is 13.1 Å². The number of hydrogen-bond donors (Lipinski definition) is 0. The summed E-state index contributed by atoms with van der Waals surface area (Å²) in [6.45, 7) is 1.12. The van der Waals surface area contributed by atoms with E-state index in [4.69, 9.17) is 0 Å². The molecule has 1 aromatic heterocycles. The minimum atomic E-state index is -4.48. The molecule has 7 heteroatoms. The Hall–Kier alpha value is -2.31. The van der Waals surface area contributed by atoms with Crippen LogP contribution in [0.5, 0.6) is 0 Å². The molecule has 0 bridgehead atoms. The molecule has 2 heterocycles. The highest BCUT2D eigenvalue weighted by Gasteiger charge is 2.34. The molecule has 1 amide bonds. The predicted molar refractivity (Wildman–Crippen MR) is 82.1 cm³/mol. The first-order chi connectivity index (χ1) is 11.4. The zero-order valence-corrected chi connectivity index (χ0v) is 13.0. The van der Waals surface area contributed by atoms with E-state index < -0.39 is 11.9 Å². The summed E-state index contributed by atoms with van der Waals surface area (Å²) in [5.74, 6) is 0.196. The van der Waals surface area contributed by atoms with E-state index in [9.17, 15) is 18.0 Å². The van der Waals surface area contributed by atoms with Crippen LogP contribution >= 0.6 is 0 Å². The molecule has 1 atom stereocenters. The molecule has 0 spiro atoms. The number of amides is 1. The van der Waals surface area contributed by atoms with E-state index in [1.807, 2.05) is 18.2 Å². The maximum atomic E-state index is 12.5. The van der Waals surface area contributed by atoms with Crippen LogP contribution in [0.1, 0.15) is 17.7 Å². The van der Waals surface area contributed by atoms with Crippen LogP contribution in [0.4, 0.5) is 13.2 Å². The average Bonchev–Trinajstić information content (AvgIpc) is 3.17. The lowest BCUT2D eigenvalue weighted by Gasteiger charge is -2.16. The summed E-state index contributed by atoms with van der Waals surface area (Å²) in [5.41, 5.74) is 0.261. The van der Waals surface area contributed by atoms with Crippen molar-refractivity contribution in [1.82, 2.24) is 14.7 Å². The van der Waals surface area contributed by atoms with Crippen molar-refractivity contribution in [3.8, 4) is 0 Å². The molecular weight excluding hydrogens is 319 g/mol. The first-order valence-corrected chi connectivity index (χ1v) is 7.84. The number of rotatable bonds is 4. The van der Waals surface area contributed by atoms with Gasteiger partial charge in [0.05, 0.1) is 0 Å². The van der Waals surface area contributed by atoms with Gasteiger partial charge >= 0.3 is 6.18 Å².